The average molecular weight is 462 g/mol. The number of para-hydroxylation sites is 1. The van der Waals surface area contributed by atoms with Crippen molar-refractivity contribution in [2.75, 3.05) is 17.2 Å². The second kappa shape index (κ2) is 8.07. The van der Waals surface area contributed by atoms with E-state index in [1.807, 2.05) is 30.3 Å². The highest BCUT2D eigenvalue weighted by molar-refractivity contribution is 14.0. The number of hydrogen-bond acceptors (Lipinski definition) is 2. The van der Waals surface area contributed by atoms with Gasteiger partial charge in [-0.15, -0.1) is 24.0 Å². The molecule has 1 atom stereocenters. The number of amides is 1. The van der Waals surface area contributed by atoms with Crippen LogP contribution in [0.2, 0.25) is 0 Å². The first kappa shape index (κ1) is 18.7. The summed E-state index contributed by atoms with van der Waals surface area (Å²) in [7, 11) is 0. The Morgan fingerprint density at radius 1 is 1.19 bits per heavy atom. The number of aryl methyl sites for hydroxylation is 2. The topological polar surface area (TPSA) is 79.5 Å². The van der Waals surface area contributed by atoms with Gasteiger partial charge in [0.2, 0.25) is 5.91 Å². The van der Waals surface area contributed by atoms with E-state index in [-0.39, 0.29) is 35.8 Å². The summed E-state index contributed by atoms with van der Waals surface area (Å²) in [5.74, 6) is 0.291. The SMILES string of the molecule is I.NC(=NCCC1C(=O)Nc2ccccc21)Nc1ccc2c(c1)CCC2. The van der Waals surface area contributed by atoms with Crippen molar-refractivity contribution in [3.05, 3.63) is 59.2 Å². The maximum Gasteiger partial charge on any atom is 0.232 e. The number of guanidine groups is 1. The Morgan fingerprint density at radius 2 is 2.00 bits per heavy atom. The van der Waals surface area contributed by atoms with Gasteiger partial charge in [0.1, 0.15) is 0 Å². The minimum atomic E-state index is -0.146. The Labute approximate surface area is 170 Å². The lowest BCUT2D eigenvalue weighted by atomic mass is 9.97. The molecule has 2 aliphatic rings. The van der Waals surface area contributed by atoms with Gasteiger partial charge in [0.15, 0.2) is 5.96 Å². The van der Waals surface area contributed by atoms with Crippen LogP contribution in [-0.4, -0.2) is 18.4 Å². The monoisotopic (exact) mass is 462 g/mol. The van der Waals surface area contributed by atoms with Crippen LogP contribution in [-0.2, 0) is 17.6 Å². The smallest absolute Gasteiger partial charge is 0.232 e. The van der Waals surface area contributed by atoms with Gasteiger partial charge in [-0.1, -0.05) is 24.3 Å². The predicted octanol–water partition coefficient (Wildman–Crippen LogP) is 3.65. The summed E-state index contributed by atoms with van der Waals surface area (Å²) in [5, 5.41) is 6.07. The van der Waals surface area contributed by atoms with Gasteiger partial charge in [-0.05, 0) is 60.6 Å². The molecular formula is C20H23IN4O. The number of benzene rings is 2. The van der Waals surface area contributed by atoms with Crippen molar-refractivity contribution in [3.8, 4) is 0 Å². The van der Waals surface area contributed by atoms with Gasteiger partial charge in [-0.2, -0.15) is 0 Å². The van der Waals surface area contributed by atoms with Crippen molar-refractivity contribution in [3.63, 3.8) is 0 Å². The Balaban J connectivity index is 0.00000196. The molecule has 0 spiro atoms. The summed E-state index contributed by atoms with van der Waals surface area (Å²) in [4.78, 5) is 16.5. The van der Waals surface area contributed by atoms with E-state index in [1.165, 1.54) is 24.0 Å². The summed E-state index contributed by atoms with van der Waals surface area (Å²) in [6, 6.07) is 14.2. The maximum absolute atomic E-state index is 12.1. The molecule has 136 valence electrons. The van der Waals surface area contributed by atoms with E-state index in [0.29, 0.717) is 18.9 Å². The standard InChI is InChI=1S/C20H22N4O.HI/c21-20(23-15-9-8-13-4-3-5-14(13)12-15)22-11-10-17-16-6-1-2-7-18(16)24-19(17)25;/h1-2,6-9,12,17H,3-5,10-11H2,(H,24,25)(H3,21,22,23);1H. The van der Waals surface area contributed by atoms with E-state index in [2.05, 4.69) is 27.8 Å². The van der Waals surface area contributed by atoms with E-state index in [4.69, 9.17) is 5.73 Å². The van der Waals surface area contributed by atoms with Crippen molar-refractivity contribution in [2.45, 2.75) is 31.6 Å². The lowest BCUT2D eigenvalue weighted by Gasteiger charge is -2.09. The fourth-order valence-corrected chi connectivity index (χ4v) is 3.71. The molecule has 4 rings (SSSR count). The molecule has 26 heavy (non-hydrogen) atoms. The molecule has 4 N–H and O–H groups in total. The Hall–Kier alpha value is -2.09. The van der Waals surface area contributed by atoms with Crippen LogP contribution in [0, 0.1) is 0 Å². The number of carbonyl (C=O) groups is 1. The van der Waals surface area contributed by atoms with Gasteiger partial charge >= 0.3 is 0 Å². The van der Waals surface area contributed by atoms with Crippen LogP contribution < -0.4 is 16.4 Å². The normalized spacial score (nSPS) is 17.9. The van der Waals surface area contributed by atoms with Gasteiger partial charge in [-0.25, -0.2) is 0 Å². The summed E-state index contributed by atoms with van der Waals surface area (Å²) in [6.07, 6.45) is 4.19. The summed E-state index contributed by atoms with van der Waals surface area (Å²) >= 11 is 0. The number of nitrogens with one attached hydrogen (secondary N) is 2. The van der Waals surface area contributed by atoms with Gasteiger partial charge in [0.05, 0.1) is 5.92 Å². The van der Waals surface area contributed by atoms with E-state index >= 15 is 0 Å². The molecule has 2 aromatic rings. The molecule has 6 heteroatoms. The van der Waals surface area contributed by atoms with Crippen LogP contribution in [0.3, 0.4) is 0 Å². The van der Waals surface area contributed by atoms with Crippen molar-refractivity contribution < 1.29 is 4.79 Å². The number of carbonyl (C=O) groups excluding carboxylic acids is 1. The van der Waals surface area contributed by atoms with Crippen LogP contribution >= 0.6 is 24.0 Å². The zero-order valence-corrected chi connectivity index (χ0v) is 16.8. The number of halogens is 1. The lowest BCUT2D eigenvalue weighted by Crippen LogP contribution is -2.23. The first-order chi connectivity index (χ1) is 12.2. The largest absolute Gasteiger partial charge is 0.370 e. The third-order valence-electron chi connectivity index (χ3n) is 4.98. The second-order valence-electron chi connectivity index (χ2n) is 6.65. The molecule has 0 saturated heterocycles. The lowest BCUT2D eigenvalue weighted by molar-refractivity contribution is -0.117. The number of nitrogens with two attached hydrogens (primary N) is 1. The maximum atomic E-state index is 12.1. The van der Waals surface area contributed by atoms with Crippen LogP contribution in [0.1, 0.15) is 35.4 Å². The number of fused-ring (bicyclic) bond motifs is 2. The molecule has 2 aromatic carbocycles. The Morgan fingerprint density at radius 3 is 2.88 bits per heavy atom. The fourth-order valence-electron chi connectivity index (χ4n) is 3.71. The van der Waals surface area contributed by atoms with E-state index in [1.54, 1.807) is 0 Å². The van der Waals surface area contributed by atoms with Gasteiger partial charge in [0, 0.05) is 17.9 Å². The molecule has 1 aliphatic heterocycles. The van der Waals surface area contributed by atoms with Crippen LogP contribution in [0.4, 0.5) is 11.4 Å². The molecule has 0 saturated carbocycles. The molecule has 5 nitrogen and oxygen atoms in total. The fraction of sp³-hybridized carbons (Fsp3) is 0.300. The number of rotatable bonds is 4. The quantitative estimate of drug-likeness (QED) is 0.369. The number of aliphatic imine (C=N–C) groups is 1. The van der Waals surface area contributed by atoms with E-state index < -0.39 is 0 Å². The molecule has 1 heterocycles. The van der Waals surface area contributed by atoms with Gasteiger partial charge < -0.3 is 16.4 Å². The van der Waals surface area contributed by atoms with Crippen molar-refractivity contribution in [2.24, 2.45) is 10.7 Å². The average Bonchev–Trinajstić information content (AvgIpc) is 3.19. The molecule has 0 fully saturated rings. The second-order valence-corrected chi connectivity index (χ2v) is 6.65. The molecule has 0 aromatic heterocycles. The van der Waals surface area contributed by atoms with Crippen LogP contribution in [0.25, 0.3) is 0 Å². The van der Waals surface area contributed by atoms with E-state index in [9.17, 15) is 4.79 Å². The first-order valence-electron chi connectivity index (χ1n) is 8.79. The zero-order valence-electron chi connectivity index (χ0n) is 14.5. The highest BCUT2D eigenvalue weighted by Crippen LogP contribution is 2.34. The molecule has 0 bridgehead atoms. The number of anilines is 2. The van der Waals surface area contributed by atoms with E-state index in [0.717, 1.165) is 23.4 Å². The summed E-state index contributed by atoms with van der Waals surface area (Å²) in [5.41, 5.74) is 11.8. The minimum absolute atomic E-state index is 0. The first-order valence-corrected chi connectivity index (χ1v) is 8.79. The molecule has 1 amide bonds. The van der Waals surface area contributed by atoms with Crippen LogP contribution in [0.5, 0.6) is 0 Å². The predicted molar refractivity (Wildman–Crippen MR) is 116 cm³/mol. The summed E-state index contributed by atoms with van der Waals surface area (Å²) in [6.45, 7) is 0.510. The number of hydrogen-bond donors (Lipinski definition) is 3. The zero-order chi connectivity index (χ0) is 17.2. The molecular weight excluding hydrogens is 439 g/mol. The highest BCUT2D eigenvalue weighted by Gasteiger charge is 2.29. The van der Waals surface area contributed by atoms with Gasteiger partial charge in [-0.3, -0.25) is 9.79 Å². The molecule has 1 aliphatic carbocycles. The third kappa shape index (κ3) is 3.85. The molecule has 1 unspecified atom stereocenters. The summed E-state index contributed by atoms with van der Waals surface area (Å²) < 4.78 is 0. The Bertz CT molecular complexity index is 849. The van der Waals surface area contributed by atoms with Crippen molar-refractivity contribution in [1.82, 2.24) is 0 Å². The highest BCUT2D eigenvalue weighted by atomic mass is 127. The third-order valence-corrected chi connectivity index (χ3v) is 4.98. The molecule has 0 radical (unpaired) electrons. The minimum Gasteiger partial charge on any atom is -0.370 e. The van der Waals surface area contributed by atoms with Crippen molar-refractivity contribution in [1.29, 1.82) is 0 Å². The van der Waals surface area contributed by atoms with Crippen LogP contribution in [0.15, 0.2) is 47.5 Å². The van der Waals surface area contributed by atoms with Crippen molar-refractivity contribution >= 4 is 47.2 Å². The Kier molecular flexibility index (Phi) is 5.80. The number of nitrogens with zero attached hydrogens (tertiary/aromatic N) is 1. The van der Waals surface area contributed by atoms with Gasteiger partial charge in [0.25, 0.3) is 0 Å².